The first kappa shape index (κ1) is 16.6. The van der Waals surface area contributed by atoms with Gasteiger partial charge in [-0.25, -0.2) is 13.2 Å². The average Bonchev–Trinajstić information content (AvgIpc) is 2.45. The standard InChI is InChI=1S/C16H16O4S2/c1-10-13(16(17)18)8-9-14(22(3,19)20)15(10)11-4-6-12(21-2)7-5-11/h4-9H,1-3H3,(H,17,18). The maximum Gasteiger partial charge on any atom is 0.335 e. The van der Waals surface area contributed by atoms with Crippen molar-refractivity contribution in [3.8, 4) is 11.1 Å². The quantitative estimate of drug-likeness (QED) is 0.866. The fraction of sp³-hybridized carbons (Fsp3) is 0.188. The summed E-state index contributed by atoms with van der Waals surface area (Å²) in [7, 11) is -3.46. The molecule has 2 aromatic carbocycles. The molecule has 0 heterocycles. The zero-order chi connectivity index (χ0) is 16.5. The van der Waals surface area contributed by atoms with Gasteiger partial charge in [-0.3, -0.25) is 0 Å². The van der Waals surface area contributed by atoms with Crippen molar-refractivity contribution in [3.63, 3.8) is 0 Å². The molecule has 0 unspecified atom stereocenters. The third-order valence-electron chi connectivity index (χ3n) is 3.44. The minimum Gasteiger partial charge on any atom is -0.478 e. The van der Waals surface area contributed by atoms with Crippen molar-refractivity contribution in [3.05, 3.63) is 47.5 Å². The topological polar surface area (TPSA) is 71.4 Å². The summed E-state index contributed by atoms with van der Waals surface area (Å²) in [6.45, 7) is 1.63. The van der Waals surface area contributed by atoms with Crippen LogP contribution in [0.5, 0.6) is 0 Å². The number of carboxylic acid groups (broad SMARTS) is 1. The van der Waals surface area contributed by atoms with E-state index >= 15 is 0 Å². The first-order valence-corrected chi connectivity index (χ1v) is 9.58. The van der Waals surface area contributed by atoms with E-state index < -0.39 is 15.8 Å². The van der Waals surface area contributed by atoms with Crippen LogP contribution in [0.1, 0.15) is 15.9 Å². The van der Waals surface area contributed by atoms with E-state index in [1.807, 2.05) is 30.5 Å². The summed E-state index contributed by atoms with van der Waals surface area (Å²) in [4.78, 5) is 12.5. The van der Waals surface area contributed by atoms with Gasteiger partial charge in [0.25, 0.3) is 0 Å². The van der Waals surface area contributed by atoms with Gasteiger partial charge in [-0.2, -0.15) is 0 Å². The second-order valence-electron chi connectivity index (χ2n) is 4.92. The minimum atomic E-state index is -3.46. The second kappa shape index (κ2) is 6.14. The third-order valence-corrected chi connectivity index (χ3v) is 5.32. The number of carboxylic acids is 1. The molecule has 0 aliphatic heterocycles. The number of aromatic carboxylic acids is 1. The van der Waals surface area contributed by atoms with E-state index in [0.717, 1.165) is 11.2 Å². The van der Waals surface area contributed by atoms with E-state index in [0.29, 0.717) is 16.7 Å². The van der Waals surface area contributed by atoms with Gasteiger partial charge < -0.3 is 5.11 Å². The van der Waals surface area contributed by atoms with Gasteiger partial charge in [-0.15, -0.1) is 11.8 Å². The van der Waals surface area contributed by atoms with Crippen LogP contribution in [0.25, 0.3) is 11.1 Å². The maximum absolute atomic E-state index is 12.0. The molecule has 0 aliphatic carbocycles. The Balaban J connectivity index is 2.79. The lowest BCUT2D eigenvalue weighted by molar-refractivity contribution is 0.0696. The molecular formula is C16H16O4S2. The Morgan fingerprint density at radius 2 is 1.68 bits per heavy atom. The van der Waals surface area contributed by atoms with Crippen molar-refractivity contribution in [1.82, 2.24) is 0 Å². The van der Waals surface area contributed by atoms with Crippen molar-refractivity contribution in [2.24, 2.45) is 0 Å². The van der Waals surface area contributed by atoms with Crippen molar-refractivity contribution in [2.45, 2.75) is 16.7 Å². The number of rotatable bonds is 4. The molecule has 22 heavy (non-hydrogen) atoms. The zero-order valence-corrected chi connectivity index (χ0v) is 14.1. The Morgan fingerprint density at radius 1 is 1.09 bits per heavy atom. The molecule has 4 nitrogen and oxygen atoms in total. The van der Waals surface area contributed by atoms with Gasteiger partial charge in [-0.1, -0.05) is 12.1 Å². The van der Waals surface area contributed by atoms with Crippen LogP contribution in [-0.2, 0) is 9.84 Å². The normalized spacial score (nSPS) is 11.4. The molecule has 0 aromatic heterocycles. The summed E-state index contributed by atoms with van der Waals surface area (Å²) in [6, 6.07) is 10.1. The molecule has 0 amide bonds. The lowest BCUT2D eigenvalue weighted by Gasteiger charge is -2.14. The molecule has 0 aliphatic rings. The Hall–Kier alpha value is -1.79. The molecule has 116 valence electrons. The largest absolute Gasteiger partial charge is 0.478 e. The summed E-state index contributed by atoms with van der Waals surface area (Å²) in [5.74, 6) is -1.07. The molecule has 0 saturated heterocycles. The molecule has 0 radical (unpaired) electrons. The SMILES string of the molecule is CSc1ccc(-c2c(S(C)(=O)=O)ccc(C(=O)O)c2C)cc1. The van der Waals surface area contributed by atoms with Crippen molar-refractivity contribution in [1.29, 1.82) is 0 Å². The van der Waals surface area contributed by atoms with E-state index in [9.17, 15) is 18.3 Å². The first-order valence-electron chi connectivity index (χ1n) is 6.47. The minimum absolute atomic E-state index is 0.108. The van der Waals surface area contributed by atoms with Gasteiger partial charge in [0.15, 0.2) is 9.84 Å². The van der Waals surface area contributed by atoms with Gasteiger partial charge in [0.2, 0.25) is 0 Å². The van der Waals surface area contributed by atoms with Crippen LogP contribution >= 0.6 is 11.8 Å². The highest BCUT2D eigenvalue weighted by Gasteiger charge is 2.21. The summed E-state index contributed by atoms with van der Waals surface area (Å²) >= 11 is 1.58. The van der Waals surface area contributed by atoms with E-state index in [1.54, 1.807) is 18.7 Å². The molecule has 0 fully saturated rings. The van der Waals surface area contributed by atoms with Crippen LogP contribution in [0.15, 0.2) is 46.2 Å². The Labute approximate surface area is 134 Å². The maximum atomic E-state index is 12.0. The van der Waals surface area contributed by atoms with Gasteiger partial charge in [0, 0.05) is 16.7 Å². The van der Waals surface area contributed by atoms with Gasteiger partial charge in [0.05, 0.1) is 10.5 Å². The first-order chi connectivity index (χ1) is 10.3. The van der Waals surface area contributed by atoms with Crippen LogP contribution in [0, 0.1) is 6.92 Å². The summed E-state index contributed by atoms with van der Waals surface area (Å²) in [6.07, 6.45) is 3.08. The van der Waals surface area contributed by atoms with Gasteiger partial charge in [0.1, 0.15) is 0 Å². The number of hydrogen-bond donors (Lipinski definition) is 1. The van der Waals surface area contributed by atoms with Crippen LogP contribution in [0.3, 0.4) is 0 Å². The highest BCUT2D eigenvalue weighted by Crippen LogP contribution is 2.33. The molecule has 2 aromatic rings. The Bertz CT molecular complexity index is 822. The second-order valence-corrected chi connectivity index (χ2v) is 7.78. The fourth-order valence-electron chi connectivity index (χ4n) is 2.34. The Kier molecular flexibility index (Phi) is 4.63. The summed E-state index contributed by atoms with van der Waals surface area (Å²) in [5, 5.41) is 9.26. The van der Waals surface area contributed by atoms with Crippen molar-refractivity contribution in [2.75, 3.05) is 12.5 Å². The fourth-order valence-corrected chi connectivity index (χ4v) is 3.71. The molecule has 0 spiro atoms. The van der Waals surface area contributed by atoms with E-state index in [-0.39, 0.29) is 10.5 Å². The molecular weight excluding hydrogens is 320 g/mol. The lowest BCUT2D eigenvalue weighted by atomic mass is 9.96. The highest BCUT2D eigenvalue weighted by molar-refractivity contribution is 7.98. The Morgan fingerprint density at radius 3 is 2.14 bits per heavy atom. The zero-order valence-electron chi connectivity index (χ0n) is 12.5. The molecule has 6 heteroatoms. The van der Waals surface area contributed by atoms with Crippen LogP contribution in [0.2, 0.25) is 0 Å². The number of carbonyl (C=O) groups is 1. The highest BCUT2D eigenvalue weighted by atomic mass is 32.2. The van der Waals surface area contributed by atoms with Crippen LogP contribution in [-0.4, -0.2) is 32.0 Å². The monoisotopic (exact) mass is 336 g/mol. The van der Waals surface area contributed by atoms with Crippen molar-refractivity contribution < 1.29 is 18.3 Å². The van der Waals surface area contributed by atoms with Crippen LogP contribution < -0.4 is 0 Å². The summed E-state index contributed by atoms with van der Waals surface area (Å²) in [5.41, 5.74) is 1.71. The molecule has 0 saturated carbocycles. The molecule has 2 rings (SSSR count). The van der Waals surface area contributed by atoms with E-state index in [2.05, 4.69) is 0 Å². The van der Waals surface area contributed by atoms with E-state index in [1.165, 1.54) is 12.1 Å². The molecule has 0 atom stereocenters. The lowest BCUT2D eigenvalue weighted by Crippen LogP contribution is -2.07. The predicted molar refractivity (Wildman–Crippen MR) is 88.5 cm³/mol. The summed E-state index contributed by atoms with van der Waals surface area (Å²) < 4.78 is 24.1. The van der Waals surface area contributed by atoms with Crippen molar-refractivity contribution >= 4 is 27.6 Å². The third kappa shape index (κ3) is 3.18. The number of sulfone groups is 1. The van der Waals surface area contributed by atoms with Crippen LogP contribution in [0.4, 0.5) is 0 Å². The number of benzene rings is 2. The number of hydrogen-bond acceptors (Lipinski definition) is 4. The van der Waals surface area contributed by atoms with Gasteiger partial charge in [-0.05, 0) is 48.6 Å². The molecule has 0 bridgehead atoms. The van der Waals surface area contributed by atoms with Gasteiger partial charge >= 0.3 is 5.97 Å². The smallest absolute Gasteiger partial charge is 0.335 e. The molecule has 1 N–H and O–H groups in total. The van der Waals surface area contributed by atoms with E-state index in [4.69, 9.17) is 0 Å². The predicted octanol–water partition coefficient (Wildman–Crippen LogP) is 3.49. The number of thioether (sulfide) groups is 1. The average molecular weight is 336 g/mol.